The molecule has 2 N–H and O–H groups in total. The quantitative estimate of drug-likeness (QED) is 0.349. The normalized spacial score (nSPS) is 11.5. The van der Waals surface area contributed by atoms with Gasteiger partial charge in [-0.3, -0.25) is 18.9 Å². The average Bonchev–Trinajstić information content (AvgIpc) is 3.10. The van der Waals surface area contributed by atoms with Crippen LogP contribution in [0.15, 0.2) is 76.4 Å². The summed E-state index contributed by atoms with van der Waals surface area (Å²) >= 11 is 12.9. The highest BCUT2D eigenvalue weighted by Gasteiger charge is 2.15. The number of carbonyl (C=O) groups is 1. The molecular weight excluding hydrogens is 505 g/mol. The minimum absolute atomic E-state index is 0.0165. The Kier molecular flexibility index (Phi) is 6.76. The predicted molar refractivity (Wildman–Crippen MR) is 133 cm³/mol. The van der Waals surface area contributed by atoms with Crippen molar-refractivity contribution in [1.82, 2.24) is 4.57 Å². The average molecular weight is 522 g/mol. The van der Waals surface area contributed by atoms with Crippen LogP contribution in [0.5, 0.6) is 0 Å². The second-order valence-corrected chi connectivity index (χ2v) is 10.5. The molecule has 0 atom stereocenters. The van der Waals surface area contributed by atoms with Gasteiger partial charge in [-0.15, -0.1) is 0 Å². The van der Waals surface area contributed by atoms with Gasteiger partial charge >= 0.3 is 4.87 Å². The molecule has 0 bridgehead atoms. The zero-order valence-electron chi connectivity index (χ0n) is 16.9. The summed E-state index contributed by atoms with van der Waals surface area (Å²) in [6, 6.07) is 17.6. The molecule has 0 aliphatic rings. The van der Waals surface area contributed by atoms with Crippen LogP contribution in [0.4, 0.5) is 11.4 Å². The Labute approximate surface area is 203 Å². The van der Waals surface area contributed by atoms with Crippen LogP contribution in [0, 0.1) is 0 Å². The highest BCUT2D eigenvalue weighted by atomic mass is 35.5. The van der Waals surface area contributed by atoms with Gasteiger partial charge in [0.15, 0.2) is 0 Å². The van der Waals surface area contributed by atoms with Crippen molar-refractivity contribution in [2.75, 3.05) is 10.0 Å². The minimum Gasteiger partial charge on any atom is -0.326 e. The fourth-order valence-corrected chi connectivity index (χ4v) is 5.42. The summed E-state index contributed by atoms with van der Waals surface area (Å²) in [4.78, 5) is 24.4. The summed E-state index contributed by atoms with van der Waals surface area (Å²) in [5, 5.41) is 3.26. The van der Waals surface area contributed by atoms with Crippen LogP contribution in [-0.2, 0) is 21.4 Å². The van der Waals surface area contributed by atoms with Gasteiger partial charge in [0.25, 0.3) is 10.0 Å². The van der Waals surface area contributed by atoms with Crippen molar-refractivity contribution < 1.29 is 13.2 Å². The number of thiazole rings is 1. The van der Waals surface area contributed by atoms with Crippen molar-refractivity contribution in [2.45, 2.75) is 17.9 Å². The van der Waals surface area contributed by atoms with E-state index in [0.717, 1.165) is 21.6 Å². The lowest BCUT2D eigenvalue weighted by Gasteiger charge is -2.10. The molecule has 4 rings (SSSR count). The van der Waals surface area contributed by atoms with E-state index >= 15 is 0 Å². The Bertz CT molecular complexity index is 1500. The molecular formula is C22H17Cl2N3O4S2. The maximum absolute atomic E-state index is 12.6. The summed E-state index contributed by atoms with van der Waals surface area (Å²) in [6.07, 6.45) is 0.0968. The number of rotatable bonds is 7. The second-order valence-electron chi connectivity index (χ2n) is 7.04. The van der Waals surface area contributed by atoms with Gasteiger partial charge in [0.1, 0.15) is 0 Å². The summed E-state index contributed by atoms with van der Waals surface area (Å²) < 4.78 is 30.1. The van der Waals surface area contributed by atoms with E-state index in [1.165, 1.54) is 42.5 Å². The molecule has 0 spiro atoms. The van der Waals surface area contributed by atoms with Crippen LogP contribution in [0.2, 0.25) is 10.0 Å². The van der Waals surface area contributed by atoms with E-state index in [1.807, 2.05) is 24.3 Å². The molecule has 33 heavy (non-hydrogen) atoms. The number of aryl methyl sites for hydroxylation is 1. The lowest BCUT2D eigenvalue weighted by Crippen LogP contribution is -2.19. The number of nitrogens with zero attached hydrogens (tertiary/aromatic N) is 1. The van der Waals surface area contributed by atoms with Gasteiger partial charge in [-0.2, -0.15) is 0 Å². The van der Waals surface area contributed by atoms with Crippen molar-refractivity contribution in [2.24, 2.45) is 0 Å². The molecule has 7 nitrogen and oxygen atoms in total. The molecule has 0 fully saturated rings. The number of sulfonamides is 1. The Hall–Kier alpha value is -2.85. The number of halogens is 2. The summed E-state index contributed by atoms with van der Waals surface area (Å²) in [6.45, 7) is 0.245. The number of fused-ring (bicyclic) bond motifs is 1. The molecule has 0 unspecified atom stereocenters. The fraction of sp³-hybridized carbons (Fsp3) is 0.0909. The number of para-hydroxylation sites is 1. The van der Waals surface area contributed by atoms with E-state index in [-0.39, 0.29) is 39.4 Å². The van der Waals surface area contributed by atoms with Crippen LogP contribution in [0.25, 0.3) is 10.2 Å². The maximum atomic E-state index is 12.6. The lowest BCUT2D eigenvalue weighted by atomic mass is 10.3. The molecule has 0 aliphatic heterocycles. The summed E-state index contributed by atoms with van der Waals surface area (Å²) in [5.74, 6) is -0.290. The first-order valence-corrected chi connectivity index (χ1v) is 12.7. The van der Waals surface area contributed by atoms with E-state index in [9.17, 15) is 18.0 Å². The summed E-state index contributed by atoms with van der Waals surface area (Å²) in [7, 11) is -3.85. The number of anilines is 2. The summed E-state index contributed by atoms with van der Waals surface area (Å²) in [5.41, 5.74) is 1.51. The van der Waals surface area contributed by atoms with Gasteiger partial charge in [0, 0.05) is 18.7 Å². The van der Waals surface area contributed by atoms with E-state index < -0.39 is 10.0 Å². The molecule has 1 heterocycles. The SMILES string of the molecule is O=C(CCn1c(=O)sc2ccccc21)Nc1ccc(S(=O)(=O)Nc2ccc(Cl)c(Cl)c2)cc1. The van der Waals surface area contributed by atoms with Crippen molar-refractivity contribution >= 4 is 72.1 Å². The topological polar surface area (TPSA) is 97.3 Å². The molecule has 1 amide bonds. The predicted octanol–water partition coefficient (Wildman–Crippen LogP) is 5.20. The Morgan fingerprint density at radius 1 is 0.939 bits per heavy atom. The third kappa shape index (κ3) is 5.39. The standard InChI is InChI=1S/C22H17Cl2N3O4S2/c23-17-10-7-15(13-18(17)24)26-33(30,31)16-8-5-14(6-9-16)25-21(28)11-12-27-19-3-1-2-4-20(19)32-22(27)29/h1-10,13,26H,11-12H2,(H,25,28). The molecule has 0 aliphatic carbocycles. The van der Waals surface area contributed by atoms with Crippen molar-refractivity contribution in [1.29, 1.82) is 0 Å². The third-order valence-electron chi connectivity index (χ3n) is 4.76. The molecule has 4 aromatic rings. The van der Waals surface area contributed by atoms with E-state index in [0.29, 0.717) is 10.7 Å². The van der Waals surface area contributed by atoms with Crippen LogP contribution in [0.3, 0.4) is 0 Å². The maximum Gasteiger partial charge on any atom is 0.308 e. The Balaban J connectivity index is 1.39. The molecule has 3 aromatic carbocycles. The van der Waals surface area contributed by atoms with Crippen LogP contribution < -0.4 is 14.9 Å². The van der Waals surface area contributed by atoms with E-state index in [2.05, 4.69) is 10.0 Å². The zero-order chi connectivity index (χ0) is 23.6. The first-order valence-electron chi connectivity index (χ1n) is 9.69. The Morgan fingerprint density at radius 2 is 1.64 bits per heavy atom. The van der Waals surface area contributed by atoms with Crippen LogP contribution in [-0.4, -0.2) is 18.9 Å². The third-order valence-corrected chi connectivity index (χ3v) is 7.85. The molecule has 0 saturated carbocycles. The van der Waals surface area contributed by atoms with Crippen LogP contribution in [0.1, 0.15) is 6.42 Å². The molecule has 0 saturated heterocycles. The minimum atomic E-state index is -3.85. The van der Waals surface area contributed by atoms with Gasteiger partial charge in [-0.1, -0.05) is 46.7 Å². The van der Waals surface area contributed by atoms with E-state index in [1.54, 1.807) is 4.57 Å². The van der Waals surface area contributed by atoms with E-state index in [4.69, 9.17) is 23.2 Å². The highest BCUT2D eigenvalue weighted by Crippen LogP contribution is 2.27. The largest absolute Gasteiger partial charge is 0.326 e. The number of aromatic nitrogens is 1. The Morgan fingerprint density at radius 3 is 2.36 bits per heavy atom. The monoisotopic (exact) mass is 521 g/mol. The van der Waals surface area contributed by atoms with Gasteiger partial charge in [0.2, 0.25) is 5.91 Å². The number of carbonyl (C=O) groups excluding carboxylic acids is 1. The van der Waals surface area contributed by atoms with Gasteiger partial charge in [0.05, 0.1) is 30.8 Å². The van der Waals surface area contributed by atoms with Crippen molar-refractivity contribution in [3.05, 3.63) is 86.4 Å². The number of hydrogen-bond donors (Lipinski definition) is 2. The first-order chi connectivity index (χ1) is 15.7. The fourth-order valence-electron chi connectivity index (χ4n) is 3.15. The molecule has 0 radical (unpaired) electrons. The number of hydrogen-bond acceptors (Lipinski definition) is 5. The number of benzene rings is 3. The van der Waals surface area contributed by atoms with Crippen LogP contribution >= 0.6 is 34.5 Å². The smallest absolute Gasteiger partial charge is 0.308 e. The molecule has 170 valence electrons. The number of nitrogens with one attached hydrogen (secondary N) is 2. The lowest BCUT2D eigenvalue weighted by molar-refractivity contribution is -0.116. The van der Waals surface area contributed by atoms with Gasteiger partial charge in [-0.25, -0.2) is 8.42 Å². The van der Waals surface area contributed by atoms with Crippen molar-refractivity contribution in [3.8, 4) is 0 Å². The number of amides is 1. The van der Waals surface area contributed by atoms with Crippen molar-refractivity contribution in [3.63, 3.8) is 0 Å². The molecule has 11 heteroatoms. The zero-order valence-corrected chi connectivity index (χ0v) is 20.1. The highest BCUT2D eigenvalue weighted by molar-refractivity contribution is 7.92. The second kappa shape index (κ2) is 9.56. The molecule has 1 aromatic heterocycles. The van der Waals surface area contributed by atoms with Gasteiger partial charge in [-0.05, 0) is 54.6 Å². The van der Waals surface area contributed by atoms with Gasteiger partial charge < -0.3 is 5.32 Å². The first kappa shape index (κ1) is 23.3.